The fourth-order valence-corrected chi connectivity index (χ4v) is 2.56. The molecule has 1 aliphatic rings. The molecule has 2 N–H and O–H groups in total. The van der Waals surface area contributed by atoms with E-state index in [0.717, 1.165) is 30.4 Å². The first kappa shape index (κ1) is 13.4. The molecule has 3 atom stereocenters. The molecule has 0 amide bonds. The predicted octanol–water partition coefficient (Wildman–Crippen LogP) is 2.73. The molecule has 3 nitrogen and oxygen atoms in total. The van der Waals surface area contributed by atoms with Gasteiger partial charge in [0, 0.05) is 5.56 Å². The Morgan fingerprint density at radius 3 is 2.72 bits per heavy atom. The van der Waals surface area contributed by atoms with Gasteiger partial charge in [-0.05, 0) is 52.2 Å². The van der Waals surface area contributed by atoms with Crippen LogP contribution in [0.25, 0.3) is 0 Å². The molecule has 100 valence electrons. The Kier molecular flexibility index (Phi) is 3.64. The average Bonchev–Trinajstić information content (AvgIpc) is 2.60. The van der Waals surface area contributed by atoms with Crippen LogP contribution in [0.15, 0.2) is 18.2 Å². The molecule has 1 aromatic carbocycles. The average molecular weight is 250 g/mol. The number of aliphatic hydroxyl groups is 2. The summed E-state index contributed by atoms with van der Waals surface area (Å²) in [6.07, 6.45) is 1.87. The lowest BCUT2D eigenvalue weighted by molar-refractivity contribution is -0.0262. The smallest absolute Gasteiger partial charge is 0.127 e. The van der Waals surface area contributed by atoms with Crippen LogP contribution in [0.5, 0.6) is 5.75 Å². The molecule has 1 fully saturated rings. The summed E-state index contributed by atoms with van der Waals surface area (Å²) >= 11 is 0. The number of benzene rings is 1. The van der Waals surface area contributed by atoms with E-state index in [1.54, 1.807) is 6.92 Å². The van der Waals surface area contributed by atoms with Gasteiger partial charge in [0.25, 0.3) is 0 Å². The van der Waals surface area contributed by atoms with Crippen molar-refractivity contribution >= 4 is 0 Å². The topological polar surface area (TPSA) is 49.7 Å². The van der Waals surface area contributed by atoms with Gasteiger partial charge < -0.3 is 14.9 Å². The highest BCUT2D eigenvalue weighted by Gasteiger charge is 2.38. The highest BCUT2D eigenvalue weighted by Crippen LogP contribution is 2.35. The Morgan fingerprint density at radius 2 is 2.17 bits per heavy atom. The largest absolute Gasteiger partial charge is 0.487 e. The van der Waals surface area contributed by atoms with Crippen LogP contribution >= 0.6 is 0 Å². The first-order chi connectivity index (χ1) is 8.40. The summed E-state index contributed by atoms with van der Waals surface area (Å²) in [4.78, 5) is 0. The second-order valence-corrected chi connectivity index (χ2v) is 5.57. The van der Waals surface area contributed by atoms with Crippen molar-refractivity contribution in [3.63, 3.8) is 0 Å². The molecule has 0 radical (unpaired) electrons. The van der Waals surface area contributed by atoms with Gasteiger partial charge in [-0.3, -0.25) is 0 Å². The molecule has 0 saturated heterocycles. The van der Waals surface area contributed by atoms with Crippen molar-refractivity contribution in [3.8, 4) is 5.75 Å². The van der Waals surface area contributed by atoms with Gasteiger partial charge in [-0.25, -0.2) is 0 Å². The maximum Gasteiger partial charge on any atom is 0.127 e. The van der Waals surface area contributed by atoms with E-state index in [2.05, 4.69) is 0 Å². The van der Waals surface area contributed by atoms with Crippen molar-refractivity contribution in [2.24, 2.45) is 0 Å². The van der Waals surface area contributed by atoms with Crippen molar-refractivity contribution in [2.75, 3.05) is 0 Å². The van der Waals surface area contributed by atoms with Crippen molar-refractivity contribution in [2.45, 2.75) is 57.8 Å². The van der Waals surface area contributed by atoms with E-state index < -0.39 is 11.7 Å². The Labute approximate surface area is 108 Å². The fourth-order valence-electron chi connectivity index (χ4n) is 2.56. The highest BCUT2D eigenvalue weighted by molar-refractivity contribution is 5.38. The minimum absolute atomic E-state index is 0.183. The van der Waals surface area contributed by atoms with Crippen LogP contribution in [-0.4, -0.2) is 21.9 Å². The number of ether oxygens (including phenoxy) is 1. The van der Waals surface area contributed by atoms with E-state index in [1.165, 1.54) is 0 Å². The van der Waals surface area contributed by atoms with Gasteiger partial charge in [0.15, 0.2) is 0 Å². The van der Waals surface area contributed by atoms with E-state index in [0.29, 0.717) is 5.75 Å². The van der Waals surface area contributed by atoms with Gasteiger partial charge in [-0.1, -0.05) is 11.6 Å². The molecule has 0 aliphatic heterocycles. The molecule has 0 aromatic heterocycles. The first-order valence-electron chi connectivity index (χ1n) is 6.58. The second kappa shape index (κ2) is 4.90. The van der Waals surface area contributed by atoms with E-state index in [1.807, 2.05) is 32.0 Å². The van der Waals surface area contributed by atoms with Crippen LogP contribution in [0.3, 0.4) is 0 Å². The lowest BCUT2D eigenvalue weighted by Crippen LogP contribution is -2.38. The normalized spacial score (nSPS) is 29.3. The quantitative estimate of drug-likeness (QED) is 0.867. The van der Waals surface area contributed by atoms with Crippen LogP contribution in [0.2, 0.25) is 0 Å². The summed E-state index contributed by atoms with van der Waals surface area (Å²) in [5, 5.41) is 20.0. The lowest BCUT2D eigenvalue weighted by atomic mass is 10.0. The third-order valence-electron chi connectivity index (χ3n) is 3.73. The maximum atomic E-state index is 10.2. The molecule has 18 heavy (non-hydrogen) atoms. The Bertz CT molecular complexity index is 424. The minimum Gasteiger partial charge on any atom is -0.487 e. The third kappa shape index (κ3) is 2.68. The van der Waals surface area contributed by atoms with Gasteiger partial charge in [0.05, 0.1) is 11.7 Å². The number of hydrogen-bond donors (Lipinski definition) is 2. The van der Waals surface area contributed by atoms with Crippen molar-refractivity contribution in [1.82, 2.24) is 0 Å². The maximum absolute atomic E-state index is 10.2. The number of aliphatic hydroxyl groups excluding tert-OH is 1. The Balaban J connectivity index is 2.24. The molecule has 0 heterocycles. The Hall–Kier alpha value is -1.06. The molecule has 2 rings (SSSR count). The highest BCUT2D eigenvalue weighted by atomic mass is 16.5. The molecule has 0 spiro atoms. The van der Waals surface area contributed by atoms with Crippen LogP contribution in [0.1, 0.15) is 50.3 Å². The number of rotatable bonds is 3. The van der Waals surface area contributed by atoms with Gasteiger partial charge >= 0.3 is 0 Å². The second-order valence-electron chi connectivity index (χ2n) is 5.57. The van der Waals surface area contributed by atoms with E-state index >= 15 is 0 Å². The van der Waals surface area contributed by atoms with E-state index in [4.69, 9.17) is 4.74 Å². The number of hydrogen-bond acceptors (Lipinski definition) is 3. The zero-order chi connectivity index (χ0) is 13.3. The van der Waals surface area contributed by atoms with Gasteiger partial charge in [-0.2, -0.15) is 0 Å². The van der Waals surface area contributed by atoms with Gasteiger partial charge in [0.2, 0.25) is 0 Å². The number of aryl methyl sites for hydroxylation is 1. The molecule has 1 saturated carbocycles. The van der Waals surface area contributed by atoms with Crippen LogP contribution in [0, 0.1) is 6.92 Å². The molecule has 1 aromatic rings. The van der Waals surface area contributed by atoms with Gasteiger partial charge in [-0.15, -0.1) is 0 Å². The summed E-state index contributed by atoms with van der Waals surface area (Å²) in [5.74, 6) is 0.683. The monoisotopic (exact) mass is 250 g/mol. The standard InChI is InChI=1S/C15H22O3/c1-10-6-7-13(12(9-10)11(2)16)18-14-5-4-8-15(14,3)17/h6-7,9,11,14,16-17H,4-5,8H2,1-3H3. The molecular formula is C15H22O3. The first-order valence-corrected chi connectivity index (χ1v) is 6.58. The van der Waals surface area contributed by atoms with Crippen molar-refractivity contribution in [1.29, 1.82) is 0 Å². The summed E-state index contributed by atoms with van der Waals surface area (Å²) < 4.78 is 5.93. The zero-order valence-corrected chi connectivity index (χ0v) is 11.3. The van der Waals surface area contributed by atoms with Crippen LogP contribution < -0.4 is 4.74 Å². The van der Waals surface area contributed by atoms with E-state index in [-0.39, 0.29) is 6.10 Å². The molecule has 0 bridgehead atoms. The summed E-state index contributed by atoms with van der Waals surface area (Å²) in [6, 6.07) is 5.78. The lowest BCUT2D eigenvalue weighted by Gasteiger charge is -2.27. The molecule has 1 aliphatic carbocycles. The Morgan fingerprint density at radius 1 is 1.44 bits per heavy atom. The summed E-state index contributed by atoms with van der Waals surface area (Å²) in [6.45, 7) is 5.54. The SMILES string of the molecule is Cc1ccc(OC2CCCC2(C)O)c(C(C)O)c1. The zero-order valence-electron chi connectivity index (χ0n) is 11.3. The third-order valence-corrected chi connectivity index (χ3v) is 3.73. The molecular weight excluding hydrogens is 228 g/mol. The van der Waals surface area contributed by atoms with Crippen molar-refractivity contribution < 1.29 is 14.9 Å². The molecule has 3 unspecified atom stereocenters. The van der Waals surface area contributed by atoms with Crippen molar-refractivity contribution in [3.05, 3.63) is 29.3 Å². The van der Waals surface area contributed by atoms with Gasteiger partial charge in [0.1, 0.15) is 11.9 Å². The summed E-state index contributed by atoms with van der Waals surface area (Å²) in [5.41, 5.74) is 1.12. The van der Waals surface area contributed by atoms with Crippen LogP contribution in [-0.2, 0) is 0 Å². The summed E-state index contributed by atoms with van der Waals surface area (Å²) in [7, 11) is 0. The fraction of sp³-hybridized carbons (Fsp3) is 0.600. The predicted molar refractivity (Wildman–Crippen MR) is 70.7 cm³/mol. The minimum atomic E-state index is -0.763. The van der Waals surface area contributed by atoms with E-state index in [9.17, 15) is 10.2 Å². The van der Waals surface area contributed by atoms with Crippen LogP contribution in [0.4, 0.5) is 0 Å². The molecule has 3 heteroatoms.